The maximum atomic E-state index is 12.3. The van der Waals surface area contributed by atoms with Gasteiger partial charge in [-0.25, -0.2) is 9.78 Å². The van der Waals surface area contributed by atoms with Crippen LogP contribution in [0.3, 0.4) is 0 Å². The van der Waals surface area contributed by atoms with E-state index in [1.807, 2.05) is 26.8 Å². The number of aromatic nitrogens is 1. The molecule has 1 aliphatic rings. The van der Waals surface area contributed by atoms with Crippen molar-refractivity contribution in [1.29, 1.82) is 0 Å². The molecule has 1 aromatic rings. The first kappa shape index (κ1) is 18.2. The molecule has 0 radical (unpaired) electrons. The lowest BCUT2D eigenvalue weighted by Crippen LogP contribution is -2.35. The minimum Gasteiger partial charge on any atom is -0.444 e. The van der Waals surface area contributed by atoms with Crippen LogP contribution >= 0.6 is 11.6 Å². The monoisotopic (exact) mass is 358 g/mol. The van der Waals surface area contributed by atoms with Crippen LogP contribution in [-0.2, 0) is 21.3 Å². The van der Waals surface area contributed by atoms with Gasteiger partial charge in [-0.15, -0.1) is 0 Å². The Balaban J connectivity index is 1.79. The zero-order valence-electron chi connectivity index (χ0n) is 13.8. The molecule has 5 nitrogen and oxygen atoms in total. The molecule has 23 heavy (non-hydrogen) atoms. The Morgan fingerprint density at radius 3 is 2.83 bits per heavy atom. The van der Waals surface area contributed by atoms with Crippen molar-refractivity contribution in [2.24, 2.45) is 5.92 Å². The Kier molecular flexibility index (Phi) is 6.03. The maximum absolute atomic E-state index is 12.3. The summed E-state index contributed by atoms with van der Waals surface area (Å²) in [5, 5.41) is 0.434. The van der Waals surface area contributed by atoms with Crippen LogP contribution in [-0.4, -0.2) is 44.6 Å². The average molecular weight is 359 g/mol. The first-order valence-corrected chi connectivity index (χ1v) is 9.53. The third kappa shape index (κ3) is 6.11. The Morgan fingerprint density at radius 2 is 2.22 bits per heavy atom. The molecule has 1 saturated heterocycles. The van der Waals surface area contributed by atoms with Crippen LogP contribution in [0.4, 0.5) is 4.79 Å². The summed E-state index contributed by atoms with van der Waals surface area (Å²) in [6.07, 6.45) is 2.24. The summed E-state index contributed by atoms with van der Waals surface area (Å²) in [7, 11) is -0.977. The Hall–Kier alpha value is -1.14. The number of nitrogens with zero attached hydrogens (tertiary/aromatic N) is 2. The van der Waals surface area contributed by atoms with Gasteiger partial charge in [-0.3, -0.25) is 4.21 Å². The summed E-state index contributed by atoms with van der Waals surface area (Å²) in [6.45, 7) is 6.84. The second kappa shape index (κ2) is 7.62. The van der Waals surface area contributed by atoms with Gasteiger partial charge in [0.1, 0.15) is 10.8 Å². The molecule has 0 aromatic carbocycles. The van der Waals surface area contributed by atoms with E-state index in [9.17, 15) is 9.00 Å². The second-order valence-electron chi connectivity index (χ2n) is 6.82. The number of rotatable bonds is 4. The molecule has 1 fully saturated rings. The van der Waals surface area contributed by atoms with Gasteiger partial charge in [-0.2, -0.15) is 0 Å². The summed E-state index contributed by atoms with van der Waals surface area (Å²) in [5.41, 5.74) is 0.425. The number of hydrogen-bond acceptors (Lipinski definition) is 4. The van der Waals surface area contributed by atoms with E-state index < -0.39 is 16.4 Å². The predicted molar refractivity (Wildman–Crippen MR) is 91.9 cm³/mol. The van der Waals surface area contributed by atoms with Gasteiger partial charge in [0.05, 0.1) is 5.75 Å². The number of amides is 1. The van der Waals surface area contributed by atoms with Crippen molar-refractivity contribution >= 4 is 28.5 Å². The zero-order chi connectivity index (χ0) is 17.0. The Morgan fingerprint density at radius 1 is 1.48 bits per heavy atom. The highest BCUT2D eigenvalue weighted by Gasteiger charge is 2.30. The first-order chi connectivity index (χ1) is 10.7. The first-order valence-electron chi connectivity index (χ1n) is 7.66. The summed E-state index contributed by atoms with van der Waals surface area (Å²) in [5.74, 6) is 1.30. The maximum Gasteiger partial charge on any atom is 0.410 e. The van der Waals surface area contributed by atoms with E-state index in [-0.39, 0.29) is 12.0 Å². The normalized spacial score (nSPS) is 19.7. The largest absolute Gasteiger partial charge is 0.444 e. The van der Waals surface area contributed by atoms with E-state index >= 15 is 0 Å². The standard InChI is InChI=1S/C16H23ClN2O3S/c1-16(2,3)22-15(20)19-7-6-13(9-19)11-23(21)10-12-4-5-14(17)18-8-12/h4-5,8,13H,6-7,9-11H2,1-3H3/t13-,23-/m0/s1. The highest BCUT2D eigenvalue weighted by atomic mass is 35.5. The van der Waals surface area contributed by atoms with E-state index in [4.69, 9.17) is 16.3 Å². The molecule has 0 aliphatic carbocycles. The summed E-state index contributed by atoms with van der Waals surface area (Å²) in [4.78, 5) is 17.7. The summed E-state index contributed by atoms with van der Waals surface area (Å²) < 4.78 is 17.6. The van der Waals surface area contributed by atoms with E-state index in [2.05, 4.69) is 4.98 Å². The number of hydrogen-bond donors (Lipinski definition) is 0. The van der Waals surface area contributed by atoms with Gasteiger partial charge in [0.2, 0.25) is 0 Å². The fourth-order valence-corrected chi connectivity index (χ4v) is 4.03. The lowest BCUT2D eigenvalue weighted by Gasteiger charge is -2.24. The molecule has 1 aliphatic heterocycles. The van der Waals surface area contributed by atoms with Gasteiger partial charge >= 0.3 is 6.09 Å². The SMILES string of the molecule is CC(C)(C)OC(=O)N1CC[C@H](C[S@@](=O)Cc2ccc(Cl)nc2)C1. The van der Waals surface area contributed by atoms with Crippen molar-refractivity contribution in [2.45, 2.75) is 38.5 Å². The van der Waals surface area contributed by atoms with Gasteiger partial charge < -0.3 is 9.64 Å². The van der Waals surface area contributed by atoms with Crippen LogP contribution in [0.25, 0.3) is 0 Å². The highest BCUT2D eigenvalue weighted by molar-refractivity contribution is 7.84. The molecule has 7 heteroatoms. The van der Waals surface area contributed by atoms with Crippen molar-refractivity contribution in [2.75, 3.05) is 18.8 Å². The van der Waals surface area contributed by atoms with Crippen molar-refractivity contribution in [1.82, 2.24) is 9.88 Å². The predicted octanol–water partition coefficient (Wildman–Crippen LogP) is 3.24. The Labute approximate surface area is 144 Å². The highest BCUT2D eigenvalue weighted by Crippen LogP contribution is 2.21. The number of likely N-dealkylation sites (tertiary alicyclic amines) is 1. The molecule has 0 bridgehead atoms. The smallest absolute Gasteiger partial charge is 0.410 e. The van der Waals surface area contributed by atoms with Crippen molar-refractivity contribution < 1.29 is 13.7 Å². The lowest BCUT2D eigenvalue weighted by atomic mass is 10.2. The minimum atomic E-state index is -0.977. The topological polar surface area (TPSA) is 59.5 Å². The lowest BCUT2D eigenvalue weighted by molar-refractivity contribution is 0.0289. The third-order valence-electron chi connectivity index (χ3n) is 3.48. The average Bonchev–Trinajstić information content (AvgIpc) is 2.88. The molecule has 0 N–H and O–H groups in total. The molecule has 1 amide bonds. The minimum absolute atomic E-state index is 0.253. The summed E-state index contributed by atoms with van der Waals surface area (Å²) in [6, 6.07) is 3.54. The molecule has 2 heterocycles. The fourth-order valence-electron chi connectivity index (χ4n) is 2.46. The van der Waals surface area contributed by atoms with Gasteiger partial charge in [0, 0.05) is 35.8 Å². The number of ether oxygens (including phenoxy) is 1. The van der Waals surface area contributed by atoms with Gasteiger partial charge in [-0.1, -0.05) is 17.7 Å². The second-order valence-corrected chi connectivity index (χ2v) is 8.71. The fraction of sp³-hybridized carbons (Fsp3) is 0.625. The molecule has 2 atom stereocenters. The molecule has 0 saturated carbocycles. The molecule has 1 aromatic heterocycles. The third-order valence-corrected chi connectivity index (χ3v) is 5.20. The van der Waals surface area contributed by atoms with Crippen LogP contribution in [0, 0.1) is 5.92 Å². The molecule has 2 rings (SSSR count). The molecular formula is C16H23ClN2O3S. The van der Waals surface area contributed by atoms with Crippen molar-refractivity contribution in [3.05, 3.63) is 29.0 Å². The number of carbonyl (C=O) groups is 1. The molecule has 128 valence electrons. The van der Waals surface area contributed by atoms with Gasteiger partial charge in [0.25, 0.3) is 0 Å². The van der Waals surface area contributed by atoms with Crippen LogP contribution in [0.2, 0.25) is 5.15 Å². The number of carbonyl (C=O) groups excluding carboxylic acids is 1. The molecule has 0 unspecified atom stereocenters. The number of halogens is 1. The van der Waals surface area contributed by atoms with E-state index in [0.717, 1.165) is 12.0 Å². The van der Waals surface area contributed by atoms with Gasteiger partial charge in [0.15, 0.2) is 0 Å². The van der Waals surface area contributed by atoms with E-state index in [1.54, 1.807) is 17.2 Å². The quantitative estimate of drug-likeness (QED) is 0.775. The van der Waals surface area contributed by atoms with E-state index in [0.29, 0.717) is 29.7 Å². The van der Waals surface area contributed by atoms with Gasteiger partial charge in [-0.05, 0) is 44.7 Å². The van der Waals surface area contributed by atoms with Crippen LogP contribution < -0.4 is 0 Å². The zero-order valence-corrected chi connectivity index (χ0v) is 15.3. The Bertz CT molecular complexity index is 572. The number of pyridine rings is 1. The van der Waals surface area contributed by atoms with Crippen molar-refractivity contribution in [3.63, 3.8) is 0 Å². The van der Waals surface area contributed by atoms with Crippen LogP contribution in [0.15, 0.2) is 18.3 Å². The van der Waals surface area contributed by atoms with Crippen LogP contribution in [0.5, 0.6) is 0 Å². The van der Waals surface area contributed by atoms with E-state index in [1.165, 1.54) is 0 Å². The molecular weight excluding hydrogens is 336 g/mol. The summed E-state index contributed by atoms with van der Waals surface area (Å²) >= 11 is 5.74. The van der Waals surface area contributed by atoms with Crippen molar-refractivity contribution in [3.8, 4) is 0 Å². The van der Waals surface area contributed by atoms with Crippen LogP contribution in [0.1, 0.15) is 32.8 Å². The molecule has 0 spiro atoms.